The molecule has 0 unspecified atom stereocenters. The first kappa shape index (κ1) is 16.2. The second kappa shape index (κ2) is 7.17. The number of nitro benzene ring substituents is 1. The molecule has 2 rings (SSSR count). The first-order valence-electron chi connectivity index (χ1n) is 6.85. The maximum Gasteiger partial charge on any atom is 0.340 e. The zero-order chi connectivity index (χ0) is 16.8. The van der Waals surface area contributed by atoms with Gasteiger partial charge in [-0.15, -0.1) is 0 Å². The summed E-state index contributed by atoms with van der Waals surface area (Å²) in [7, 11) is 0. The number of anilines is 1. The van der Waals surface area contributed by atoms with Crippen LogP contribution in [0.1, 0.15) is 27.6 Å². The van der Waals surface area contributed by atoms with Crippen LogP contribution < -0.4 is 5.32 Å². The van der Waals surface area contributed by atoms with E-state index in [4.69, 9.17) is 4.74 Å². The minimum atomic E-state index is -0.580. The molecule has 23 heavy (non-hydrogen) atoms. The largest absolute Gasteiger partial charge is 0.462 e. The van der Waals surface area contributed by atoms with E-state index in [0.717, 1.165) is 0 Å². The van der Waals surface area contributed by atoms with E-state index in [0.29, 0.717) is 0 Å². The fourth-order valence-electron chi connectivity index (χ4n) is 1.93. The van der Waals surface area contributed by atoms with Gasteiger partial charge in [0, 0.05) is 17.7 Å². The van der Waals surface area contributed by atoms with Gasteiger partial charge in [-0.25, -0.2) is 4.79 Å². The lowest BCUT2D eigenvalue weighted by molar-refractivity contribution is -0.384. The van der Waals surface area contributed by atoms with Crippen molar-refractivity contribution >= 4 is 23.3 Å². The number of amides is 1. The third-order valence-electron chi connectivity index (χ3n) is 2.99. The predicted molar refractivity (Wildman–Crippen MR) is 83.4 cm³/mol. The van der Waals surface area contributed by atoms with Gasteiger partial charge >= 0.3 is 5.97 Å². The molecule has 0 radical (unpaired) electrons. The van der Waals surface area contributed by atoms with Gasteiger partial charge in [-0.3, -0.25) is 14.9 Å². The second-order valence-electron chi connectivity index (χ2n) is 4.53. The number of para-hydroxylation sites is 1. The molecule has 0 aliphatic heterocycles. The van der Waals surface area contributed by atoms with Crippen LogP contribution in [0.2, 0.25) is 0 Å². The van der Waals surface area contributed by atoms with Crippen molar-refractivity contribution in [2.45, 2.75) is 6.92 Å². The van der Waals surface area contributed by atoms with Crippen LogP contribution in [0.25, 0.3) is 0 Å². The number of carbonyl (C=O) groups excluding carboxylic acids is 2. The monoisotopic (exact) mass is 314 g/mol. The number of carbonyl (C=O) groups is 2. The Labute approximate surface area is 132 Å². The number of rotatable bonds is 5. The molecule has 0 saturated carbocycles. The minimum absolute atomic E-state index is 0.123. The summed E-state index contributed by atoms with van der Waals surface area (Å²) in [5.74, 6) is -1.10. The average molecular weight is 314 g/mol. The molecule has 0 fully saturated rings. The van der Waals surface area contributed by atoms with Crippen LogP contribution in [0.3, 0.4) is 0 Å². The molecule has 0 heterocycles. The molecule has 1 amide bonds. The normalized spacial score (nSPS) is 9.96. The van der Waals surface area contributed by atoms with Crippen molar-refractivity contribution in [3.63, 3.8) is 0 Å². The molecular formula is C16H14N2O5. The third-order valence-corrected chi connectivity index (χ3v) is 2.99. The van der Waals surface area contributed by atoms with Gasteiger partial charge in [-0.05, 0) is 25.1 Å². The molecule has 0 atom stereocenters. The molecule has 0 spiro atoms. The van der Waals surface area contributed by atoms with Gasteiger partial charge in [-0.2, -0.15) is 0 Å². The number of nitro groups is 1. The van der Waals surface area contributed by atoms with Crippen LogP contribution in [-0.4, -0.2) is 23.4 Å². The Hall–Kier alpha value is -3.22. The highest BCUT2D eigenvalue weighted by Crippen LogP contribution is 2.19. The lowest BCUT2D eigenvalue weighted by Gasteiger charge is -2.10. The highest BCUT2D eigenvalue weighted by molar-refractivity contribution is 6.08. The van der Waals surface area contributed by atoms with E-state index in [2.05, 4.69) is 5.32 Å². The predicted octanol–water partition coefficient (Wildman–Crippen LogP) is 3.02. The van der Waals surface area contributed by atoms with Crippen LogP contribution in [-0.2, 0) is 4.74 Å². The SMILES string of the molecule is CCOC(=O)c1ccccc1NC(=O)c1cccc([N+](=O)[O-])c1. The minimum Gasteiger partial charge on any atom is -0.462 e. The molecule has 1 N–H and O–H groups in total. The van der Waals surface area contributed by atoms with E-state index in [-0.39, 0.29) is 29.1 Å². The van der Waals surface area contributed by atoms with Crippen molar-refractivity contribution in [3.05, 3.63) is 69.8 Å². The molecule has 0 saturated heterocycles. The van der Waals surface area contributed by atoms with Crippen LogP contribution in [0, 0.1) is 10.1 Å². The van der Waals surface area contributed by atoms with Crippen LogP contribution >= 0.6 is 0 Å². The number of nitrogens with one attached hydrogen (secondary N) is 1. The van der Waals surface area contributed by atoms with E-state index in [9.17, 15) is 19.7 Å². The molecule has 2 aromatic carbocycles. The van der Waals surface area contributed by atoms with Crippen molar-refractivity contribution in [2.75, 3.05) is 11.9 Å². The van der Waals surface area contributed by atoms with Gasteiger partial charge in [0.05, 0.1) is 22.8 Å². The van der Waals surface area contributed by atoms with Crippen molar-refractivity contribution < 1.29 is 19.2 Å². The van der Waals surface area contributed by atoms with E-state index >= 15 is 0 Å². The van der Waals surface area contributed by atoms with Crippen LogP contribution in [0.5, 0.6) is 0 Å². The number of nitrogens with zero attached hydrogens (tertiary/aromatic N) is 1. The van der Waals surface area contributed by atoms with E-state index in [1.165, 1.54) is 30.3 Å². The van der Waals surface area contributed by atoms with E-state index < -0.39 is 16.8 Å². The first-order valence-corrected chi connectivity index (χ1v) is 6.85. The smallest absolute Gasteiger partial charge is 0.340 e. The van der Waals surface area contributed by atoms with Gasteiger partial charge in [0.1, 0.15) is 0 Å². The second-order valence-corrected chi connectivity index (χ2v) is 4.53. The fourth-order valence-corrected chi connectivity index (χ4v) is 1.93. The molecule has 118 valence electrons. The zero-order valence-corrected chi connectivity index (χ0v) is 12.3. The number of benzene rings is 2. The summed E-state index contributed by atoms with van der Waals surface area (Å²) < 4.78 is 4.93. The maximum atomic E-state index is 12.2. The molecule has 0 bridgehead atoms. The van der Waals surface area contributed by atoms with Gasteiger partial charge < -0.3 is 10.1 Å². The number of hydrogen-bond acceptors (Lipinski definition) is 5. The standard InChI is InChI=1S/C16H14N2O5/c1-2-23-16(20)13-8-3-4-9-14(13)17-15(19)11-6-5-7-12(10-11)18(21)22/h3-10H,2H2,1H3,(H,17,19). The Morgan fingerprint density at radius 1 is 1.17 bits per heavy atom. The third kappa shape index (κ3) is 3.91. The van der Waals surface area contributed by atoms with Gasteiger partial charge in [0.15, 0.2) is 0 Å². The molecule has 2 aromatic rings. The Morgan fingerprint density at radius 2 is 1.91 bits per heavy atom. The number of hydrogen-bond donors (Lipinski definition) is 1. The molecule has 0 aliphatic carbocycles. The topological polar surface area (TPSA) is 98.5 Å². The van der Waals surface area contributed by atoms with Crippen LogP contribution in [0.15, 0.2) is 48.5 Å². The van der Waals surface area contributed by atoms with Crippen molar-refractivity contribution in [2.24, 2.45) is 0 Å². The van der Waals surface area contributed by atoms with Crippen LogP contribution in [0.4, 0.5) is 11.4 Å². The Balaban J connectivity index is 2.26. The lowest BCUT2D eigenvalue weighted by Crippen LogP contribution is -2.16. The maximum absolute atomic E-state index is 12.2. The summed E-state index contributed by atoms with van der Waals surface area (Å²) in [5.41, 5.74) is 0.435. The summed E-state index contributed by atoms with van der Waals surface area (Å²) in [5, 5.41) is 13.3. The number of esters is 1. The summed E-state index contributed by atoms with van der Waals surface area (Å²) >= 11 is 0. The lowest BCUT2D eigenvalue weighted by atomic mass is 10.1. The van der Waals surface area contributed by atoms with Gasteiger partial charge in [-0.1, -0.05) is 18.2 Å². The Kier molecular flexibility index (Phi) is 5.03. The van der Waals surface area contributed by atoms with Crippen molar-refractivity contribution in [1.82, 2.24) is 0 Å². The van der Waals surface area contributed by atoms with Gasteiger partial charge in [0.25, 0.3) is 11.6 Å². The summed E-state index contributed by atoms with van der Waals surface area (Å²) in [4.78, 5) is 34.3. The van der Waals surface area contributed by atoms with Crippen molar-refractivity contribution in [3.8, 4) is 0 Å². The van der Waals surface area contributed by atoms with Crippen molar-refractivity contribution in [1.29, 1.82) is 0 Å². The Morgan fingerprint density at radius 3 is 2.61 bits per heavy atom. The summed E-state index contributed by atoms with van der Waals surface area (Å²) in [6.45, 7) is 1.90. The molecule has 0 aromatic heterocycles. The van der Waals surface area contributed by atoms with E-state index in [1.54, 1.807) is 25.1 Å². The molecule has 7 heteroatoms. The summed E-state index contributed by atoms with van der Waals surface area (Å²) in [6, 6.07) is 11.7. The van der Waals surface area contributed by atoms with Gasteiger partial charge in [0.2, 0.25) is 0 Å². The number of ether oxygens (including phenoxy) is 1. The summed E-state index contributed by atoms with van der Waals surface area (Å²) in [6.07, 6.45) is 0. The highest BCUT2D eigenvalue weighted by atomic mass is 16.6. The molecule has 0 aliphatic rings. The average Bonchev–Trinajstić information content (AvgIpc) is 2.55. The fraction of sp³-hybridized carbons (Fsp3) is 0.125. The zero-order valence-electron chi connectivity index (χ0n) is 12.3. The highest BCUT2D eigenvalue weighted by Gasteiger charge is 2.16. The Bertz CT molecular complexity index is 758. The quantitative estimate of drug-likeness (QED) is 0.519. The molecular weight excluding hydrogens is 300 g/mol. The van der Waals surface area contributed by atoms with E-state index in [1.807, 2.05) is 0 Å². The first-order chi connectivity index (χ1) is 11.0. The molecule has 7 nitrogen and oxygen atoms in total. The number of non-ortho nitro benzene ring substituents is 1.